The summed E-state index contributed by atoms with van der Waals surface area (Å²) in [6, 6.07) is 57.7. The highest BCUT2D eigenvalue weighted by Crippen LogP contribution is 2.53. The van der Waals surface area contributed by atoms with Gasteiger partial charge in [0.15, 0.2) is 5.78 Å². The van der Waals surface area contributed by atoms with Crippen molar-refractivity contribution in [2.24, 2.45) is 0 Å². The zero-order valence-electron chi connectivity index (χ0n) is 26.9. The number of hydrogen-bond donors (Lipinski definition) is 0. The number of carbonyl (C=O) groups is 1. The van der Waals surface area contributed by atoms with Gasteiger partial charge in [-0.15, -0.1) is 0 Å². The minimum absolute atomic E-state index is 0.0669. The minimum Gasteiger partial charge on any atom is -0.309 e. The first kappa shape index (κ1) is 28.3. The van der Waals surface area contributed by atoms with Crippen molar-refractivity contribution >= 4 is 22.8 Å². The molecule has 7 aromatic carbocycles. The molecule has 0 radical (unpaired) electrons. The van der Waals surface area contributed by atoms with E-state index in [1.54, 1.807) is 0 Å². The van der Waals surface area contributed by atoms with Crippen molar-refractivity contribution in [1.29, 1.82) is 0 Å². The smallest absolute Gasteiger partial charge is 0.196 e. The van der Waals surface area contributed by atoms with Crippen molar-refractivity contribution in [2.45, 2.75) is 19.3 Å². The van der Waals surface area contributed by atoms with Crippen LogP contribution in [0.1, 0.15) is 40.9 Å². The Morgan fingerprint density at radius 1 is 0.417 bits per heavy atom. The summed E-state index contributed by atoms with van der Waals surface area (Å²) in [5.74, 6) is 0.0669. The normalized spacial score (nSPS) is 13.4. The van der Waals surface area contributed by atoms with Gasteiger partial charge in [-0.05, 0) is 80.4 Å². The average molecular weight is 616 g/mol. The molecule has 0 heterocycles. The fraction of sp³-hybridized carbons (Fsp3) is 0.0652. The molecule has 2 heteroatoms. The molecule has 0 unspecified atom stereocenters. The predicted molar refractivity (Wildman–Crippen MR) is 198 cm³/mol. The number of ketones is 1. The third-order valence-electron chi connectivity index (χ3n) is 10.2. The number of anilines is 3. The van der Waals surface area contributed by atoms with E-state index in [2.05, 4.69) is 164 Å². The molecule has 48 heavy (non-hydrogen) atoms. The predicted octanol–water partition coefficient (Wildman–Crippen LogP) is 12.0. The fourth-order valence-electron chi connectivity index (χ4n) is 7.87. The number of fused-ring (bicyclic) bond motifs is 6. The van der Waals surface area contributed by atoms with E-state index < -0.39 is 0 Å². The zero-order valence-corrected chi connectivity index (χ0v) is 26.9. The van der Waals surface area contributed by atoms with Crippen molar-refractivity contribution in [2.75, 3.05) is 4.90 Å². The maximum Gasteiger partial charge on any atom is 0.196 e. The Balaban J connectivity index is 1.33. The van der Waals surface area contributed by atoms with Crippen molar-refractivity contribution in [3.8, 4) is 44.5 Å². The lowest BCUT2D eigenvalue weighted by atomic mass is 9.82. The number of carbonyl (C=O) groups excluding carboxylic acids is 1. The van der Waals surface area contributed by atoms with Crippen LogP contribution >= 0.6 is 0 Å². The Bertz CT molecular complexity index is 2390. The molecule has 0 aliphatic heterocycles. The molecule has 0 saturated heterocycles. The van der Waals surface area contributed by atoms with Crippen LogP contribution in [0.2, 0.25) is 0 Å². The molecule has 2 nitrogen and oxygen atoms in total. The quantitative estimate of drug-likeness (QED) is 0.192. The van der Waals surface area contributed by atoms with Crippen LogP contribution in [0.15, 0.2) is 164 Å². The van der Waals surface area contributed by atoms with Crippen molar-refractivity contribution in [1.82, 2.24) is 0 Å². The minimum atomic E-state index is -0.169. The molecule has 0 spiro atoms. The van der Waals surface area contributed by atoms with E-state index in [4.69, 9.17) is 0 Å². The molecule has 0 atom stereocenters. The first-order chi connectivity index (χ1) is 23.5. The van der Waals surface area contributed by atoms with Gasteiger partial charge in [-0.1, -0.05) is 147 Å². The van der Waals surface area contributed by atoms with Crippen molar-refractivity contribution in [3.05, 3.63) is 186 Å². The number of nitrogens with zero attached hydrogens (tertiary/aromatic N) is 1. The molecule has 7 aromatic rings. The van der Waals surface area contributed by atoms with Gasteiger partial charge >= 0.3 is 0 Å². The lowest BCUT2D eigenvalue weighted by Gasteiger charge is -2.31. The largest absolute Gasteiger partial charge is 0.309 e. The van der Waals surface area contributed by atoms with Gasteiger partial charge in [0.25, 0.3) is 0 Å². The van der Waals surface area contributed by atoms with E-state index in [9.17, 15) is 4.79 Å². The van der Waals surface area contributed by atoms with Gasteiger partial charge in [0.2, 0.25) is 0 Å². The molecule has 0 fully saturated rings. The standard InChI is InChI=1S/C46H33NO/c1-46(2)40-22-12-11-19-35(40)36-26-25-33(29-41(36)46)47(43-23-13-21-37-34-18-9-10-20-38(34)45(48)44(37)43)42-27-24-32(30-14-5-3-6-15-30)28-39(42)31-16-7-4-8-17-31/h3-29H,1-2H3. The van der Waals surface area contributed by atoms with E-state index in [1.807, 2.05) is 18.2 Å². The zero-order chi connectivity index (χ0) is 32.4. The molecule has 0 aromatic heterocycles. The number of rotatable bonds is 5. The van der Waals surface area contributed by atoms with Crippen LogP contribution in [0.25, 0.3) is 44.5 Å². The SMILES string of the molecule is CC1(C)c2ccccc2-c2ccc(N(c3ccc(-c4ccccc4)cc3-c3ccccc3)c3cccc4c3C(=O)c3ccccc3-4)cc21. The van der Waals surface area contributed by atoms with E-state index in [0.29, 0.717) is 0 Å². The van der Waals surface area contributed by atoms with Crippen LogP contribution < -0.4 is 4.90 Å². The Hall–Kier alpha value is -5.99. The van der Waals surface area contributed by atoms with Gasteiger partial charge in [-0.25, -0.2) is 0 Å². The van der Waals surface area contributed by atoms with Crippen LogP contribution in [-0.4, -0.2) is 5.78 Å². The third-order valence-corrected chi connectivity index (χ3v) is 10.2. The molecular formula is C46H33NO. The van der Waals surface area contributed by atoms with Crippen LogP contribution in [0.5, 0.6) is 0 Å². The molecule has 0 N–H and O–H groups in total. The molecule has 2 aliphatic rings. The number of hydrogen-bond acceptors (Lipinski definition) is 2. The molecule has 0 bridgehead atoms. The van der Waals surface area contributed by atoms with Crippen LogP contribution in [-0.2, 0) is 5.41 Å². The summed E-state index contributed by atoms with van der Waals surface area (Å²) < 4.78 is 0. The second-order valence-corrected chi connectivity index (χ2v) is 13.3. The highest BCUT2D eigenvalue weighted by atomic mass is 16.1. The topological polar surface area (TPSA) is 20.3 Å². The molecule has 228 valence electrons. The van der Waals surface area contributed by atoms with E-state index in [0.717, 1.165) is 61.6 Å². The first-order valence-corrected chi connectivity index (χ1v) is 16.6. The highest BCUT2D eigenvalue weighted by Gasteiger charge is 2.37. The molecule has 9 rings (SSSR count). The fourth-order valence-corrected chi connectivity index (χ4v) is 7.87. The summed E-state index contributed by atoms with van der Waals surface area (Å²) in [6.07, 6.45) is 0. The third kappa shape index (κ3) is 4.23. The van der Waals surface area contributed by atoms with E-state index >= 15 is 0 Å². The molecule has 0 saturated carbocycles. The summed E-state index contributed by atoms with van der Waals surface area (Å²) in [4.78, 5) is 16.6. The highest BCUT2D eigenvalue weighted by molar-refractivity contribution is 6.25. The van der Waals surface area contributed by atoms with Gasteiger partial charge in [-0.2, -0.15) is 0 Å². The van der Waals surface area contributed by atoms with Gasteiger partial charge in [0.1, 0.15) is 0 Å². The van der Waals surface area contributed by atoms with E-state index in [-0.39, 0.29) is 11.2 Å². The average Bonchev–Trinajstić information content (AvgIpc) is 3.56. The maximum absolute atomic E-state index is 14.3. The second-order valence-electron chi connectivity index (χ2n) is 13.3. The van der Waals surface area contributed by atoms with Gasteiger partial charge in [0, 0.05) is 22.2 Å². The van der Waals surface area contributed by atoms with Crippen molar-refractivity contribution in [3.63, 3.8) is 0 Å². The lowest BCUT2D eigenvalue weighted by molar-refractivity contribution is 0.104. The van der Waals surface area contributed by atoms with Crippen molar-refractivity contribution < 1.29 is 4.79 Å². The Morgan fingerprint density at radius 3 is 1.81 bits per heavy atom. The van der Waals surface area contributed by atoms with Gasteiger partial charge in [0.05, 0.1) is 16.9 Å². The summed E-state index contributed by atoms with van der Waals surface area (Å²) in [5, 5.41) is 0. The van der Waals surface area contributed by atoms with Crippen LogP contribution in [0.3, 0.4) is 0 Å². The monoisotopic (exact) mass is 615 g/mol. The number of benzene rings is 7. The summed E-state index contributed by atoms with van der Waals surface area (Å²) in [6.45, 7) is 4.63. The summed E-state index contributed by atoms with van der Waals surface area (Å²) in [7, 11) is 0. The Labute approximate surface area is 281 Å². The molecule has 0 amide bonds. The first-order valence-electron chi connectivity index (χ1n) is 16.6. The van der Waals surface area contributed by atoms with Crippen LogP contribution in [0, 0.1) is 0 Å². The molecular weight excluding hydrogens is 583 g/mol. The Kier molecular flexibility index (Phi) is 6.35. The maximum atomic E-state index is 14.3. The molecule has 2 aliphatic carbocycles. The Morgan fingerprint density at radius 2 is 1.04 bits per heavy atom. The van der Waals surface area contributed by atoms with Crippen LogP contribution in [0.4, 0.5) is 17.1 Å². The van der Waals surface area contributed by atoms with Gasteiger partial charge < -0.3 is 4.90 Å². The summed E-state index contributed by atoms with van der Waals surface area (Å²) >= 11 is 0. The second kappa shape index (κ2) is 10.8. The van der Waals surface area contributed by atoms with E-state index in [1.165, 1.54) is 22.3 Å². The lowest BCUT2D eigenvalue weighted by Crippen LogP contribution is -2.18. The van der Waals surface area contributed by atoms with Gasteiger partial charge in [-0.3, -0.25) is 4.79 Å². The summed E-state index contributed by atoms with van der Waals surface area (Å²) in [5.41, 5.74) is 15.9.